The largest absolute Gasteiger partial charge is 0.356 e. The standard InChI is InChI=1S/C13H22N2O/c1-2-3-4-9-14-13(16)8-7-12-15-10-5-6-11-15/h5-6,10-11H,2-4,7-9,12H2,1H3,(H,14,16). The van der Waals surface area contributed by atoms with E-state index < -0.39 is 0 Å². The molecule has 0 fully saturated rings. The van der Waals surface area contributed by atoms with E-state index in [1.165, 1.54) is 12.8 Å². The molecule has 0 aromatic carbocycles. The van der Waals surface area contributed by atoms with Crippen molar-refractivity contribution < 1.29 is 4.79 Å². The van der Waals surface area contributed by atoms with E-state index in [0.29, 0.717) is 6.42 Å². The lowest BCUT2D eigenvalue weighted by Crippen LogP contribution is -2.24. The van der Waals surface area contributed by atoms with E-state index >= 15 is 0 Å². The SMILES string of the molecule is CCCCCNC(=O)CCCn1cccc1. The number of aromatic nitrogens is 1. The van der Waals surface area contributed by atoms with Gasteiger partial charge in [-0.05, 0) is 25.0 Å². The van der Waals surface area contributed by atoms with Crippen molar-refractivity contribution in [1.82, 2.24) is 9.88 Å². The first-order chi connectivity index (χ1) is 7.83. The molecule has 3 heteroatoms. The Labute approximate surface area is 97.8 Å². The van der Waals surface area contributed by atoms with Crippen LogP contribution >= 0.6 is 0 Å². The number of unbranched alkanes of at least 4 members (excludes halogenated alkanes) is 2. The monoisotopic (exact) mass is 222 g/mol. The smallest absolute Gasteiger partial charge is 0.220 e. The summed E-state index contributed by atoms with van der Waals surface area (Å²) in [6.45, 7) is 3.92. The topological polar surface area (TPSA) is 34.0 Å². The molecule has 0 atom stereocenters. The van der Waals surface area contributed by atoms with Crippen LogP contribution < -0.4 is 5.32 Å². The Morgan fingerprint density at radius 3 is 2.62 bits per heavy atom. The van der Waals surface area contributed by atoms with Crippen LogP contribution in [0.25, 0.3) is 0 Å². The second kappa shape index (κ2) is 7.97. The Balaban J connectivity index is 1.98. The van der Waals surface area contributed by atoms with Gasteiger partial charge in [-0.25, -0.2) is 0 Å². The zero-order chi connectivity index (χ0) is 11.6. The zero-order valence-electron chi connectivity index (χ0n) is 10.1. The zero-order valence-corrected chi connectivity index (χ0v) is 10.1. The van der Waals surface area contributed by atoms with Crippen LogP contribution in [0.5, 0.6) is 0 Å². The summed E-state index contributed by atoms with van der Waals surface area (Å²) in [6.07, 6.45) is 9.09. The van der Waals surface area contributed by atoms with Gasteiger partial charge in [-0.1, -0.05) is 19.8 Å². The van der Waals surface area contributed by atoms with Gasteiger partial charge in [0, 0.05) is 31.9 Å². The van der Waals surface area contributed by atoms with Crippen molar-refractivity contribution in [3.05, 3.63) is 24.5 Å². The number of nitrogens with zero attached hydrogens (tertiary/aromatic N) is 1. The number of carbonyl (C=O) groups excluding carboxylic acids is 1. The summed E-state index contributed by atoms with van der Waals surface area (Å²) in [7, 11) is 0. The maximum Gasteiger partial charge on any atom is 0.220 e. The summed E-state index contributed by atoms with van der Waals surface area (Å²) >= 11 is 0. The fraction of sp³-hybridized carbons (Fsp3) is 0.615. The van der Waals surface area contributed by atoms with Crippen LogP contribution in [0.3, 0.4) is 0 Å². The van der Waals surface area contributed by atoms with Crippen molar-refractivity contribution in [3.63, 3.8) is 0 Å². The van der Waals surface area contributed by atoms with Crippen LogP contribution in [0.4, 0.5) is 0 Å². The highest BCUT2D eigenvalue weighted by Crippen LogP contribution is 1.97. The number of hydrogen-bond donors (Lipinski definition) is 1. The highest BCUT2D eigenvalue weighted by atomic mass is 16.1. The molecule has 0 aliphatic rings. The number of rotatable bonds is 8. The summed E-state index contributed by atoms with van der Waals surface area (Å²) < 4.78 is 2.10. The minimum Gasteiger partial charge on any atom is -0.356 e. The Morgan fingerprint density at radius 1 is 1.19 bits per heavy atom. The van der Waals surface area contributed by atoms with Gasteiger partial charge in [-0.2, -0.15) is 0 Å². The molecule has 0 spiro atoms. The summed E-state index contributed by atoms with van der Waals surface area (Å²) in [5.41, 5.74) is 0. The van der Waals surface area contributed by atoms with Gasteiger partial charge in [0.15, 0.2) is 0 Å². The summed E-state index contributed by atoms with van der Waals surface area (Å²) in [6, 6.07) is 4.01. The summed E-state index contributed by atoms with van der Waals surface area (Å²) in [4.78, 5) is 11.4. The molecule has 0 saturated carbocycles. The Hall–Kier alpha value is -1.25. The molecule has 0 aliphatic heterocycles. The molecule has 1 aromatic rings. The Kier molecular flexibility index (Phi) is 6.38. The van der Waals surface area contributed by atoms with Crippen LogP contribution in [-0.4, -0.2) is 17.0 Å². The third-order valence-electron chi connectivity index (χ3n) is 2.59. The molecule has 1 aromatic heterocycles. The van der Waals surface area contributed by atoms with E-state index in [0.717, 1.165) is 25.9 Å². The average Bonchev–Trinajstić information content (AvgIpc) is 2.77. The molecular weight excluding hydrogens is 200 g/mol. The first kappa shape index (κ1) is 12.8. The number of aryl methyl sites for hydroxylation is 1. The Morgan fingerprint density at radius 2 is 1.94 bits per heavy atom. The third kappa shape index (κ3) is 5.59. The van der Waals surface area contributed by atoms with E-state index in [9.17, 15) is 4.79 Å². The molecule has 0 aliphatic carbocycles. The minimum atomic E-state index is 0.184. The van der Waals surface area contributed by atoms with Crippen LogP contribution in [-0.2, 0) is 11.3 Å². The lowest BCUT2D eigenvalue weighted by molar-refractivity contribution is -0.121. The normalized spacial score (nSPS) is 10.3. The van der Waals surface area contributed by atoms with Crippen molar-refractivity contribution >= 4 is 5.91 Å². The first-order valence-corrected chi connectivity index (χ1v) is 6.20. The molecule has 16 heavy (non-hydrogen) atoms. The van der Waals surface area contributed by atoms with Crippen LogP contribution in [0.15, 0.2) is 24.5 Å². The molecule has 1 amide bonds. The average molecular weight is 222 g/mol. The van der Waals surface area contributed by atoms with Gasteiger partial charge in [-0.3, -0.25) is 4.79 Å². The van der Waals surface area contributed by atoms with Crippen molar-refractivity contribution in [2.75, 3.05) is 6.54 Å². The van der Waals surface area contributed by atoms with Crippen LogP contribution in [0, 0.1) is 0 Å². The Bertz CT molecular complexity index is 280. The van der Waals surface area contributed by atoms with Crippen LogP contribution in [0.2, 0.25) is 0 Å². The van der Waals surface area contributed by atoms with E-state index in [1.807, 2.05) is 24.5 Å². The maximum atomic E-state index is 11.4. The van der Waals surface area contributed by atoms with Gasteiger partial charge in [0.1, 0.15) is 0 Å². The molecule has 1 N–H and O–H groups in total. The van der Waals surface area contributed by atoms with E-state index in [-0.39, 0.29) is 5.91 Å². The number of nitrogens with one attached hydrogen (secondary N) is 1. The van der Waals surface area contributed by atoms with Gasteiger partial charge >= 0.3 is 0 Å². The maximum absolute atomic E-state index is 11.4. The van der Waals surface area contributed by atoms with Gasteiger partial charge in [0.25, 0.3) is 0 Å². The molecule has 1 heterocycles. The first-order valence-electron chi connectivity index (χ1n) is 6.20. The third-order valence-corrected chi connectivity index (χ3v) is 2.59. The molecule has 0 unspecified atom stereocenters. The fourth-order valence-electron chi connectivity index (χ4n) is 1.63. The van der Waals surface area contributed by atoms with Crippen molar-refractivity contribution in [2.24, 2.45) is 0 Å². The van der Waals surface area contributed by atoms with Crippen molar-refractivity contribution in [3.8, 4) is 0 Å². The molecule has 1 rings (SSSR count). The number of carbonyl (C=O) groups is 1. The summed E-state index contributed by atoms with van der Waals surface area (Å²) in [5, 5.41) is 2.95. The highest BCUT2D eigenvalue weighted by molar-refractivity contribution is 5.75. The molecule has 0 bridgehead atoms. The van der Waals surface area contributed by atoms with E-state index in [2.05, 4.69) is 16.8 Å². The van der Waals surface area contributed by atoms with Gasteiger partial charge in [-0.15, -0.1) is 0 Å². The van der Waals surface area contributed by atoms with Gasteiger partial charge in [0.2, 0.25) is 5.91 Å². The second-order valence-electron chi connectivity index (χ2n) is 4.08. The second-order valence-corrected chi connectivity index (χ2v) is 4.08. The minimum absolute atomic E-state index is 0.184. The summed E-state index contributed by atoms with van der Waals surface area (Å²) in [5.74, 6) is 0.184. The number of hydrogen-bond acceptors (Lipinski definition) is 1. The highest BCUT2D eigenvalue weighted by Gasteiger charge is 1.99. The van der Waals surface area contributed by atoms with Crippen molar-refractivity contribution in [1.29, 1.82) is 0 Å². The quantitative estimate of drug-likeness (QED) is 0.674. The molecule has 0 saturated heterocycles. The number of amides is 1. The predicted molar refractivity (Wildman–Crippen MR) is 66.2 cm³/mol. The molecule has 90 valence electrons. The fourth-order valence-corrected chi connectivity index (χ4v) is 1.63. The lowest BCUT2D eigenvalue weighted by atomic mass is 10.2. The molecular formula is C13H22N2O. The van der Waals surface area contributed by atoms with Gasteiger partial charge in [0.05, 0.1) is 0 Å². The lowest BCUT2D eigenvalue weighted by Gasteiger charge is -2.05. The van der Waals surface area contributed by atoms with E-state index in [4.69, 9.17) is 0 Å². The van der Waals surface area contributed by atoms with E-state index in [1.54, 1.807) is 0 Å². The predicted octanol–water partition coefficient (Wildman–Crippen LogP) is 2.57. The van der Waals surface area contributed by atoms with Crippen LogP contribution in [0.1, 0.15) is 39.0 Å². The van der Waals surface area contributed by atoms with Gasteiger partial charge < -0.3 is 9.88 Å². The molecule has 0 radical (unpaired) electrons. The molecule has 3 nitrogen and oxygen atoms in total. The van der Waals surface area contributed by atoms with Crippen molar-refractivity contribution in [2.45, 2.75) is 45.6 Å².